The first-order valence-corrected chi connectivity index (χ1v) is 9.37. The molecule has 2 rings (SSSR count). The lowest BCUT2D eigenvalue weighted by Gasteiger charge is -2.29. The van der Waals surface area contributed by atoms with E-state index in [2.05, 4.69) is 4.98 Å². The molecule has 1 aliphatic carbocycles. The van der Waals surface area contributed by atoms with Crippen LogP contribution >= 0.6 is 0 Å². The Morgan fingerprint density at radius 2 is 2.14 bits per heavy atom. The number of pyridine rings is 1. The summed E-state index contributed by atoms with van der Waals surface area (Å²) in [7, 11) is -2.99. The largest absolute Gasteiger partial charge is 0.488 e. The molecule has 0 spiro atoms. The van der Waals surface area contributed by atoms with Crippen LogP contribution in [0.25, 0.3) is 0 Å². The Hall–Kier alpha value is -1.14. The van der Waals surface area contributed by atoms with Crippen LogP contribution in [0.5, 0.6) is 5.75 Å². The molecule has 0 saturated heterocycles. The van der Waals surface area contributed by atoms with Gasteiger partial charge in [-0.2, -0.15) is 0 Å². The van der Waals surface area contributed by atoms with Gasteiger partial charge in [-0.25, -0.2) is 8.42 Å². The molecule has 5 nitrogen and oxygen atoms in total. The molecule has 1 heterocycles. The fraction of sp³-hybridized carbons (Fsp3) is 0.667. The van der Waals surface area contributed by atoms with Crippen LogP contribution in [-0.2, 0) is 16.3 Å². The van der Waals surface area contributed by atoms with E-state index in [9.17, 15) is 8.42 Å². The normalized spacial score (nSPS) is 23.0. The zero-order valence-corrected chi connectivity index (χ0v) is 13.5. The average molecular weight is 312 g/mol. The van der Waals surface area contributed by atoms with Crippen molar-refractivity contribution in [1.29, 1.82) is 0 Å². The highest BCUT2D eigenvalue weighted by Gasteiger charge is 2.30. The van der Waals surface area contributed by atoms with Gasteiger partial charge in [-0.3, -0.25) is 4.98 Å². The van der Waals surface area contributed by atoms with Crippen LogP contribution < -0.4 is 10.5 Å². The summed E-state index contributed by atoms with van der Waals surface area (Å²) in [6.45, 7) is 2.45. The van der Waals surface area contributed by atoms with Gasteiger partial charge in [0, 0.05) is 24.8 Å². The maximum Gasteiger partial charge on any atom is 0.150 e. The minimum absolute atomic E-state index is 0.0560. The molecule has 6 heteroatoms. The standard InChI is InChI=1S/C15H24N2O3S/c1-11-6-7-15(14(17-11)8-9-16)20-12-4-3-5-13(10-12)21(2,18)19/h6-7,12-13H,3-5,8-10,16H2,1-2H3. The highest BCUT2D eigenvalue weighted by Crippen LogP contribution is 2.28. The summed E-state index contributed by atoms with van der Waals surface area (Å²) in [6.07, 6.45) is 5.00. The summed E-state index contributed by atoms with van der Waals surface area (Å²) in [5, 5.41) is -0.285. The molecule has 2 atom stereocenters. The molecule has 2 N–H and O–H groups in total. The van der Waals surface area contributed by atoms with Crippen LogP contribution in [0.15, 0.2) is 12.1 Å². The lowest BCUT2D eigenvalue weighted by atomic mass is 9.97. The second-order valence-corrected chi connectivity index (χ2v) is 8.12. The average Bonchev–Trinajstić information content (AvgIpc) is 2.42. The van der Waals surface area contributed by atoms with Gasteiger partial charge in [0.05, 0.1) is 10.9 Å². The Morgan fingerprint density at radius 1 is 1.38 bits per heavy atom. The Balaban J connectivity index is 2.11. The molecule has 0 aromatic carbocycles. The van der Waals surface area contributed by atoms with E-state index in [1.54, 1.807) is 0 Å². The molecular weight excluding hydrogens is 288 g/mol. The van der Waals surface area contributed by atoms with Crippen LogP contribution in [0.2, 0.25) is 0 Å². The fourth-order valence-electron chi connectivity index (χ4n) is 2.80. The highest BCUT2D eigenvalue weighted by molar-refractivity contribution is 7.91. The first-order chi connectivity index (χ1) is 9.90. The van der Waals surface area contributed by atoms with Crippen LogP contribution in [0.4, 0.5) is 0 Å². The number of rotatable bonds is 5. The van der Waals surface area contributed by atoms with E-state index < -0.39 is 9.84 Å². The summed E-state index contributed by atoms with van der Waals surface area (Å²) >= 11 is 0. The van der Waals surface area contributed by atoms with E-state index in [1.165, 1.54) is 6.26 Å². The number of hydrogen-bond acceptors (Lipinski definition) is 5. The zero-order chi connectivity index (χ0) is 15.5. The molecule has 0 bridgehead atoms. The van der Waals surface area contributed by atoms with Gasteiger partial charge in [0.15, 0.2) is 0 Å². The second kappa shape index (κ2) is 6.75. The van der Waals surface area contributed by atoms with Gasteiger partial charge in [-0.1, -0.05) is 0 Å². The fourth-order valence-corrected chi connectivity index (χ4v) is 3.96. The summed E-state index contributed by atoms with van der Waals surface area (Å²) in [6, 6.07) is 3.82. The van der Waals surface area contributed by atoms with Crippen molar-refractivity contribution in [2.45, 2.75) is 50.4 Å². The van der Waals surface area contributed by atoms with Crippen LogP contribution in [0, 0.1) is 6.92 Å². The molecule has 1 aliphatic rings. The number of hydrogen-bond donors (Lipinski definition) is 1. The number of ether oxygens (including phenoxy) is 1. The zero-order valence-electron chi connectivity index (χ0n) is 12.7. The summed E-state index contributed by atoms with van der Waals surface area (Å²) in [4.78, 5) is 4.47. The lowest BCUT2D eigenvalue weighted by Crippen LogP contribution is -2.33. The Kier molecular flexibility index (Phi) is 5.22. The molecule has 1 saturated carbocycles. The summed E-state index contributed by atoms with van der Waals surface area (Å²) in [5.74, 6) is 0.741. The van der Waals surface area contributed by atoms with Crippen LogP contribution in [-0.4, -0.2) is 37.6 Å². The predicted octanol–water partition coefficient (Wildman–Crippen LogP) is 1.63. The SMILES string of the molecule is Cc1ccc(OC2CCCC(S(C)(=O)=O)C2)c(CCN)n1. The van der Waals surface area contributed by atoms with Crippen LogP contribution in [0.3, 0.4) is 0 Å². The molecule has 0 aliphatic heterocycles. The van der Waals surface area contributed by atoms with Crippen molar-refractivity contribution < 1.29 is 13.2 Å². The lowest BCUT2D eigenvalue weighted by molar-refractivity contribution is 0.154. The molecule has 1 fully saturated rings. The Morgan fingerprint density at radius 3 is 2.81 bits per heavy atom. The highest BCUT2D eigenvalue weighted by atomic mass is 32.2. The number of nitrogens with two attached hydrogens (primary N) is 1. The van der Waals surface area contributed by atoms with Crippen molar-refractivity contribution in [2.24, 2.45) is 5.73 Å². The van der Waals surface area contributed by atoms with Crippen molar-refractivity contribution in [2.75, 3.05) is 12.8 Å². The molecule has 0 amide bonds. The van der Waals surface area contributed by atoms with Gasteiger partial charge in [0.2, 0.25) is 0 Å². The first-order valence-electron chi connectivity index (χ1n) is 7.42. The van der Waals surface area contributed by atoms with Gasteiger partial charge >= 0.3 is 0 Å². The van der Waals surface area contributed by atoms with E-state index in [1.807, 2.05) is 19.1 Å². The third-order valence-electron chi connectivity index (χ3n) is 3.93. The van der Waals surface area contributed by atoms with Crippen LogP contribution in [0.1, 0.15) is 37.1 Å². The number of sulfone groups is 1. The number of aromatic nitrogens is 1. The molecule has 0 radical (unpaired) electrons. The van der Waals surface area contributed by atoms with Gasteiger partial charge in [-0.15, -0.1) is 0 Å². The molecule has 1 aromatic rings. The van der Waals surface area contributed by atoms with Gasteiger partial charge in [-0.05, 0) is 44.9 Å². The summed E-state index contributed by atoms with van der Waals surface area (Å²) in [5.41, 5.74) is 7.41. The monoisotopic (exact) mass is 312 g/mol. The van der Waals surface area contributed by atoms with E-state index in [0.29, 0.717) is 19.4 Å². The van der Waals surface area contributed by atoms with Crippen molar-refractivity contribution >= 4 is 9.84 Å². The third-order valence-corrected chi connectivity index (χ3v) is 5.57. The Labute approximate surface area is 126 Å². The molecule has 1 aromatic heterocycles. The topological polar surface area (TPSA) is 82.3 Å². The predicted molar refractivity (Wildman–Crippen MR) is 83.2 cm³/mol. The minimum atomic E-state index is -2.99. The molecule has 2 unspecified atom stereocenters. The maximum atomic E-state index is 11.7. The number of nitrogens with zero attached hydrogens (tertiary/aromatic N) is 1. The van der Waals surface area contributed by atoms with E-state index in [0.717, 1.165) is 36.4 Å². The minimum Gasteiger partial charge on any atom is -0.488 e. The van der Waals surface area contributed by atoms with E-state index in [-0.39, 0.29) is 11.4 Å². The maximum absolute atomic E-state index is 11.7. The van der Waals surface area contributed by atoms with Crippen molar-refractivity contribution in [3.05, 3.63) is 23.5 Å². The van der Waals surface area contributed by atoms with Crippen molar-refractivity contribution in [3.63, 3.8) is 0 Å². The van der Waals surface area contributed by atoms with E-state index >= 15 is 0 Å². The quantitative estimate of drug-likeness (QED) is 0.893. The van der Waals surface area contributed by atoms with Gasteiger partial charge in [0.1, 0.15) is 21.7 Å². The smallest absolute Gasteiger partial charge is 0.150 e. The van der Waals surface area contributed by atoms with Gasteiger partial charge in [0.25, 0.3) is 0 Å². The van der Waals surface area contributed by atoms with Crippen molar-refractivity contribution in [3.8, 4) is 5.75 Å². The van der Waals surface area contributed by atoms with Crippen molar-refractivity contribution in [1.82, 2.24) is 4.98 Å². The van der Waals surface area contributed by atoms with Gasteiger partial charge < -0.3 is 10.5 Å². The molecular formula is C15H24N2O3S. The summed E-state index contributed by atoms with van der Waals surface area (Å²) < 4.78 is 29.5. The first kappa shape index (κ1) is 16.2. The molecule has 118 valence electrons. The number of aryl methyl sites for hydroxylation is 1. The van der Waals surface area contributed by atoms with E-state index in [4.69, 9.17) is 10.5 Å². The Bertz CT molecular complexity index is 587. The second-order valence-electron chi connectivity index (χ2n) is 5.79. The molecule has 21 heavy (non-hydrogen) atoms. The third kappa shape index (κ3) is 4.41.